The van der Waals surface area contributed by atoms with Gasteiger partial charge in [-0.1, -0.05) is 19.9 Å². The van der Waals surface area contributed by atoms with E-state index in [1.165, 1.54) is 6.42 Å². The van der Waals surface area contributed by atoms with Crippen molar-refractivity contribution in [3.05, 3.63) is 23.9 Å². The van der Waals surface area contributed by atoms with Gasteiger partial charge in [0, 0.05) is 19.8 Å². The fraction of sp³-hybridized carbons (Fsp3) is 0.583. The van der Waals surface area contributed by atoms with Crippen molar-refractivity contribution >= 4 is 5.82 Å². The normalized spacial score (nSPS) is 10.7. The van der Waals surface area contributed by atoms with Crippen molar-refractivity contribution in [3.8, 4) is 0 Å². The molecule has 0 aliphatic heterocycles. The van der Waals surface area contributed by atoms with Gasteiger partial charge in [0.25, 0.3) is 0 Å². The van der Waals surface area contributed by atoms with E-state index in [1.54, 1.807) is 6.20 Å². The van der Waals surface area contributed by atoms with Gasteiger partial charge < -0.3 is 10.0 Å². The number of pyridine rings is 1. The summed E-state index contributed by atoms with van der Waals surface area (Å²) >= 11 is 0. The summed E-state index contributed by atoms with van der Waals surface area (Å²) in [4.78, 5) is 6.43. The molecule has 0 fully saturated rings. The summed E-state index contributed by atoms with van der Waals surface area (Å²) in [5.41, 5.74) is 0.857. The molecule has 0 unspecified atom stereocenters. The van der Waals surface area contributed by atoms with Crippen molar-refractivity contribution in [1.29, 1.82) is 0 Å². The second kappa shape index (κ2) is 5.71. The first-order valence-electron chi connectivity index (χ1n) is 5.40. The second-order valence-corrected chi connectivity index (χ2v) is 4.29. The highest BCUT2D eigenvalue weighted by Gasteiger charge is 2.03. The number of hydrogen-bond donors (Lipinski definition) is 1. The molecule has 15 heavy (non-hydrogen) atoms. The minimum Gasteiger partial charge on any atom is -0.392 e. The van der Waals surface area contributed by atoms with Gasteiger partial charge in [0.2, 0.25) is 0 Å². The number of nitrogens with zero attached hydrogens (tertiary/aromatic N) is 2. The Morgan fingerprint density at radius 2 is 2.13 bits per heavy atom. The van der Waals surface area contributed by atoms with Crippen molar-refractivity contribution in [2.24, 2.45) is 5.92 Å². The van der Waals surface area contributed by atoms with Gasteiger partial charge in [0.15, 0.2) is 0 Å². The molecule has 1 rings (SSSR count). The van der Waals surface area contributed by atoms with Gasteiger partial charge in [-0.3, -0.25) is 0 Å². The molecule has 0 aliphatic rings. The predicted octanol–water partition coefficient (Wildman–Crippen LogP) is 2.06. The Hall–Kier alpha value is -1.09. The van der Waals surface area contributed by atoms with E-state index in [0.717, 1.165) is 17.9 Å². The van der Waals surface area contributed by atoms with E-state index in [-0.39, 0.29) is 6.61 Å². The SMILES string of the molecule is CC(C)CCN(C)c1ccc(CO)cn1. The Bertz CT molecular complexity index is 282. The lowest BCUT2D eigenvalue weighted by atomic mass is 10.1. The van der Waals surface area contributed by atoms with Crippen LogP contribution in [0.5, 0.6) is 0 Å². The van der Waals surface area contributed by atoms with E-state index in [4.69, 9.17) is 5.11 Å². The summed E-state index contributed by atoms with van der Waals surface area (Å²) < 4.78 is 0. The topological polar surface area (TPSA) is 36.4 Å². The van der Waals surface area contributed by atoms with Crippen molar-refractivity contribution in [3.63, 3.8) is 0 Å². The summed E-state index contributed by atoms with van der Waals surface area (Å²) in [5, 5.41) is 8.89. The fourth-order valence-electron chi connectivity index (χ4n) is 1.30. The van der Waals surface area contributed by atoms with Crippen molar-refractivity contribution in [1.82, 2.24) is 4.98 Å². The quantitative estimate of drug-likeness (QED) is 0.804. The van der Waals surface area contributed by atoms with Gasteiger partial charge in [0.05, 0.1) is 6.61 Å². The van der Waals surface area contributed by atoms with Gasteiger partial charge in [0.1, 0.15) is 5.82 Å². The third-order valence-corrected chi connectivity index (χ3v) is 2.42. The molecule has 84 valence electrons. The van der Waals surface area contributed by atoms with Crippen LogP contribution in [-0.2, 0) is 6.61 Å². The smallest absolute Gasteiger partial charge is 0.128 e. The largest absolute Gasteiger partial charge is 0.392 e. The van der Waals surface area contributed by atoms with Crippen LogP contribution < -0.4 is 4.90 Å². The van der Waals surface area contributed by atoms with E-state index in [1.807, 2.05) is 19.2 Å². The highest BCUT2D eigenvalue weighted by molar-refractivity contribution is 5.37. The molecule has 0 bridgehead atoms. The minimum absolute atomic E-state index is 0.0585. The molecule has 0 saturated heterocycles. The number of hydrogen-bond acceptors (Lipinski definition) is 3. The molecule has 0 radical (unpaired) electrons. The first-order valence-corrected chi connectivity index (χ1v) is 5.40. The highest BCUT2D eigenvalue weighted by atomic mass is 16.3. The van der Waals surface area contributed by atoms with E-state index < -0.39 is 0 Å². The zero-order chi connectivity index (χ0) is 11.3. The molecule has 0 amide bonds. The zero-order valence-electron chi connectivity index (χ0n) is 9.77. The molecule has 1 N–H and O–H groups in total. The van der Waals surface area contributed by atoms with Gasteiger partial charge in [-0.2, -0.15) is 0 Å². The number of rotatable bonds is 5. The summed E-state index contributed by atoms with van der Waals surface area (Å²) in [6.07, 6.45) is 2.89. The van der Waals surface area contributed by atoms with Crippen LogP contribution in [0.3, 0.4) is 0 Å². The lowest BCUT2D eigenvalue weighted by Crippen LogP contribution is -2.20. The van der Waals surface area contributed by atoms with E-state index in [9.17, 15) is 0 Å². The van der Waals surface area contributed by atoms with Crippen LogP contribution in [0, 0.1) is 5.92 Å². The average Bonchev–Trinajstić information content (AvgIpc) is 2.26. The maximum Gasteiger partial charge on any atom is 0.128 e. The standard InChI is InChI=1S/C12H20N2O/c1-10(2)6-7-14(3)12-5-4-11(9-15)8-13-12/h4-5,8,10,15H,6-7,9H2,1-3H3. The molecule has 0 saturated carbocycles. The van der Waals surface area contributed by atoms with E-state index in [2.05, 4.69) is 23.7 Å². The molecule has 1 aromatic heterocycles. The molecular formula is C12H20N2O. The Kier molecular flexibility index (Phi) is 4.56. The molecule has 0 atom stereocenters. The van der Waals surface area contributed by atoms with Gasteiger partial charge >= 0.3 is 0 Å². The predicted molar refractivity (Wildman–Crippen MR) is 62.9 cm³/mol. The van der Waals surface area contributed by atoms with Gasteiger partial charge in [-0.25, -0.2) is 4.98 Å². The molecule has 3 nitrogen and oxygen atoms in total. The first-order chi connectivity index (χ1) is 7.13. The summed E-state index contributed by atoms with van der Waals surface area (Å²) in [6, 6.07) is 3.86. The highest BCUT2D eigenvalue weighted by Crippen LogP contribution is 2.11. The fourth-order valence-corrected chi connectivity index (χ4v) is 1.30. The number of aliphatic hydroxyl groups is 1. The monoisotopic (exact) mass is 208 g/mol. The lowest BCUT2D eigenvalue weighted by molar-refractivity contribution is 0.281. The third kappa shape index (κ3) is 3.88. The molecular weight excluding hydrogens is 188 g/mol. The van der Waals surface area contributed by atoms with Crippen molar-refractivity contribution in [2.45, 2.75) is 26.9 Å². The zero-order valence-corrected chi connectivity index (χ0v) is 9.77. The molecule has 0 aromatic carbocycles. The van der Waals surface area contributed by atoms with E-state index in [0.29, 0.717) is 5.92 Å². The summed E-state index contributed by atoms with van der Waals surface area (Å²) in [6.45, 7) is 5.51. The van der Waals surface area contributed by atoms with Crippen LogP contribution >= 0.6 is 0 Å². The third-order valence-electron chi connectivity index (χ3n) is 2.42. The number of anilines is 1. The summed E-state index contributed by atoms with van der Waals surface area (Å²) in [5.74, 6) is 1.68. The Morgan fingerprint density at radius 3 is 2.60 bits per heavy atom. The Labute approximate surface area is 91.8 Å². The van der Waals surface area contributed by atoms with Crippen LogP contribution in [0.2, 0.25) is 0 Å². The lowest BCUT2D eigenvalue weighted by Gasteiger charge is -2.19. The van der Waals surface area contributed by atoms with Crippen LogP contribution in [0.25, 0.3) is 0 Å². The van der Waals surface area contributed by atoms with Crippen LogP contribution in [0.4, 0.5) is 5.82 Å². The second-order valence-electron chi connectivity index (χ2n) is 4.29. The molecule has 1 heterocycles. The molecule has 0 spiro atoms. The summed E-state index contributed by atoms with van der Waals surface area (Å²) in [7, 11) is 2.04. The van der Waals surface area contributed by atoms with Crippen LogP contribution in [0.1, 0.15) is 25.8 Å². The van der Waals surface area contributed by atoms with Gasteiger partial charge in [-0.05, 0) is 24.0 Å². The Balaban J connectivity index is 2.54. The van der Waals surface area contributed by atoms with Crippen LogP contribution in [0.15, 0.2) is 18.3 Å². The Morgan fingerprint density at radius 1 is 1.40 bits per heavy atom. The molecule has 3 heteroatoms. The first kappa shape index (κ1) is 12.0. The molecule has 1 aromatic rings. The number of aliphatic hydroxyl groups excluding tert-OH is 1. The minimum atomic E-state index is 0.0585. The number of aromatic nitrogens is 1. The molecule has 0 aliphatic carbocycles. The maximum atomic E-state index is 8.89. The average molecular weight is 208 g/mol. The van der Waals surface area contributed by atoms with Crippen molar-refractivity contribution < 1.29 is 5.11 Å². The van der Waals surface area contributed by atoms with E-state index >= 15 is 0 Å². The van der Waals surface area contributed by atoms with Gasteiger partial charge in [-0.15, -0.1) is 0 Å². The van der Waals surface area contributed by atoms with Crippen molar-refractivity contribution in [2.75, 3.05) is 18.5 Å². The maximum absolute atomic E-state index is 8.89. The van der Waals surface area contributed by atoms with Crippen LogP contribution in [-0.4, -0.2) is 23.7 Å².